The van der Waals surface area contributed by atoms with Gasteiger partial charge in [0.05, 0.1) is 6.67 Å². The fraction of sp³-hybridized carbons (Fsp3) is 0.857. The van der Waals surface area contributed by atoms with Crippen molar-refractivity contribution in [3.05, 3.63) is 0 Å². The first kappa shape index (κ1) is 7.51. The molecule has 0 aromatic carbocycles. The van der Waals surface area contributed by atoms with E-state index in [2.05, 4.69) is 0 Å². The highest BCUT2D eigenvalue weighted by Crippen LogP contribution is 2.16. The largest absolute Gasteiger partial charge is 0.343 e. The molecule has 10 heavy (non-hydrogen) atoms. The van der Waals surface area contributed by atoms with Gasteiger partial charge in [0.1, 0.15) is 0 Å². The molecule has 0 unspecified atom stereocenters. The molecule has 2 nitrogen and oxygen atoms in total. The van der Waals surface area contributed by atoms with Gasteiger partial charge in [0.2, 0.25) is 5.91 Å². The van der Waals surface area contributed by atoms with Gasteiger partial charge < -0.3 is 4.90 Å². The summed E-state index contributed by atoms with van der Waals surface area (Å²) in [6.45, 7) is 2.89. The van der Waals surface area contributed by atoms with Crippen LogP contribution in [0.3, 0.4) is 0 Å². The number of amides is 1. The molecule has 1 rings (SSSR count). The van der Waals surface area contributed by atoms with Crippen LogP contribution in [0.4, 0.5) is 4.39 Å². The van der Waals surface area contributed by atoms with E-state index in [0.29, 0.717) is 13.0 Å². The van der Waals surface area contributed by atoms with Crippen molar-refractivity contribution in [2.24, 2.45) is 5.92 Å². The normalized spacial score (nSPS) is 26.0. The zero-order valence-electron chi connectivity index (χ0n) is 6.14. The molecule has 0 N–H and O–H groups in total. The minimum atomic E-state index is -0.359. The van der Waals surface area contributed by atoms with E-state index in [9.17, 15) is 9.18 Å². The second-order valence-electron chi connectivity index (χ2n) is 2.66. The van der Waals surface area contributed by atoms with Crippen LogP contribution in [0.5, 0.6) is 0 Å². The van der Waals surface area contributed by atoms with Crippen LogP contribution >= 0.6 is 0 Å². The standard InChI is InChI=1S/C7H12FNO/c1-2-9-5-6(4-8)3-7(9)10/h6H,2-5H2,1H3/t6-/m1/s1. The fourth-order valence-electron chi connectivity index (χ4n) is 1.26. The zero-order valence-corrected chi connectivity index (χ0v) is 6.14. The lowest BCUT2D eigenvalue weighted by molar-refractivity contribution is -0.127. The molecule has 0 spiro atoms. The maximum Gasteiger partial charge on any atom is 0.223 e. The van der Waals surface area contributed by atoms with Crippen molar-refractivity contribution in [3.8, 4) is 0 Å². The zero-order chi connectivity index (χ0) is 7.56. The maximum atomic E-state index is 12.0. The summed E-state index contributed by atoms with van der Waals surface area (Å²) in [5.74, 6) is 0.0672. The Hall–Kier alpha value is -0.600. The molecule has 0 bridgehead atoms. The molecule has 1 aliphatic rings. The quantitative estimate of drug-likeness (QED) is 0.563. The highest BCUT2D eigenvalue weighted by Gasteiger charge is 2.27. The Morgan fingerprint density at radius 3 is 2.80 bits per heavy atom. The van der Waals surface area contributed by atoms with E-state index in [4.69, 9.17) is 0 Å². The second kappa shape index (κ2) is 2.99. The van der Waals surface area contributed by atoms with Crippen LogP contribution in [-0.2, 0) is 4.79 Å². The van der Waals surface area contributed by atoms with Crippen LogP contribution in [0.15, 0.2) is 0 Å². The Bertz CT molecular complexity index is 138. The number of carbonyl (C=O) groups is 1. The number of hydrogen-bond acceptors (Lipinski definition) is 1. The van der Waals surface area contributed by atoms with Crippen molar-refractivity contribution < 1.29 is 9.18 Å². The summed E-state index contributed by atoms with van der Waals surface area (Å²) in [5.41, 5.74) is 0. The van der Waals surface area contributed by atoms with Crippen molar-refractivity contribution in [1.29, 1.82) is 0 Å². The van der Waals surface area contributed by atoms with E-state index in [1.54, 1.807) is 4.90 Å². The molecule has 0 saturated carbocycles. The van der Waals surface area contributed by atoms with Gasteiger partial charge in [-0.05, 0) is 6.92 Å². The summed E-state index contributed by atoms with van der Waals surface area (Å²) in [7, 11) is 0. The minimum Gasteiger partial charge on any atom is -0.343 e. The Morgan fingerprint density at radius 2 is 2.50 bits per heavy atom. The molecular formula is C7H12FNO. The van der Waals surface area contributed by atoms with Gasteiger partial charge in [-0.25, -0.2) is 0 Å². The lowest BCUT2D eigenvalue weighted by atomic mass is 10.1. The lowest BCUT2D eigenvalue weighted by Crippen LogP contribution is -2.24. The van der Waals surface area contributed by atoms with Gasteiger partial charge in [-0.15, -0.1) is 0 Å². The molecule has 0 aromatic heterocycles. The van der Waals surface area contributed by atoms with Gasteiger partial charge in [0.25, 0.3) is 0 Å². The van der Waals surface area contributed by atoms with Crippen molar-refractivity contribution in [1.82, 2.24) is 4.90 Å². The Morgan fingerprint density at radius 1 is 1.80 bits per heavy atom. The van der Waals surface area contributed by atoms with E-state index in [0.717, 1.165) is 6.54 Å². The Balaban J connectivity index is 2.44. The summed E-state index contributed by atoms with van der Waals surface area (Å²) in [5, 5.41) is 0. The summed E-state index contributed by atoms with van der Waals surface area (Å²) in [6.07, 6.45) is 0.407. The van der Waals surface area contributed by atoms with Crippen molar-refractivity contribution in [2.45, 2.75) is 13.3 Å². The first-order valence-corrected chi connectivity index (χ1v) is 3.61. The molecule has 1 heterocycles. The van der Waals surface area contributed by atoms with Gasteiger partial charge in [-0.2, -0.15) is 0 Å². The number of likely N-dealkylation sites (tertiary alicyclic amines) is 1. The van der Waals surface area contributed by atoms with Crippen molar-refractivity contribution in [3.63, 3.8) is 0 Å². The van der Waals surface area contributed by atoms with Crippen molar-refractivity contribution >= 4 is 5.91 Å². The average Bonchev–Trinajstić information content (AvgIpc) is 2.30. The smallest absolute Gasteiger partial charge is 0.223 e. The van der Waals surface area contributed by atoms with Gasteiger partial charge >= 0.3 is 0 Å². The molecule has 1 saturated heterocycles. The molecule has 0 radical (unpaired) electrons. The van der Waals surface area contributed by atoms with Gasteiger partial charge in [-0.3, -0.25) is 9.18 Å². The Labute approximate surface area is 60.0 Å². The predicted octanol–water partition coefficient (Wildman–Crippen LogP) is 0.824. The number of hydrogen-bond donors (Lipinski definition) is 0. The molecule has 0 aromatic rings. The minimum absolute atomic E-state index is 0.0348. The summed E-state index contributed by atoms with van der Waals surface area (Å²) < 4.78 is 12.0. The van der Waals surface area contributed by atoms with Gasteiger partial charge in [-0.1, -0.05) is 0 Å². The van der Waals surface area contributed by atoms with Crippen LogP contribution in [-0.4, -0.2) is 30.6 Å². The highest BCUT2D eigenvalue weighted by molar-refractivity contribution is 5.78. The SMILES string of the molecule is CCN1C[C@@H](CF)CC1=O. The number of nitrogens with zero attached hydrogens (tertiary/aromatic N) is 1. The number of rotatable bonds is 2. The fourth-order valence-corrected chi connectivity index (χ4v) is 1.26. The molecule has 1 atom stereocenters. The molecule has 3 heteroatoms. The molecule has 1 aliphatic heterocycles. The highest BCUT2D eigenvalue weighted by atomic mass is 19.1. The van der Waals surface area contributed by atoms with Crippen LogP contribution in [0.2, 0.25) is 0 Å². The van der Waals surface area contributed by atoms with E-state index in [1.807, 2.05) is 6.92 Å². The summed E-state index contributed by atoms with van der Waals surface area (Å²) >= 11 is 0. The van der Waals surface area contributed by atoms with Crippen LogP contribution in [0, 0.1) is 5.92 Å². The molecule has 1 fully saturated rings. The first-order chi connectivity index (χ1) is 4.77. The van der Waals surface area contributed by atoms with Crippen LogP contribution < -0.4 is 0 Å². The first-order valence-electron chi connectivity index (χ1n) is 3.61. The third-order valence-corrected chi connectivity index (χ3v) is 1.89. The number of halogens is 1. The third kappa shape index (κ3) is 1.28. The average molecular weight is 145 g/mol. The third-order valence-electron chi connectivity index (χ3n) is 1.89. The topological polar surface area (TPSA) is 20.3 Å². The monoisotopic (exact) mass is 145 g/mol. The lowest BCUT2D eigenvalue weighted by Gasteiger charge is -2.11. The van der Waals surface area contributed by atoms with E-state index < -0.39 is 0 Å². The summed E-state index contributed by atoms with van der Waals surface area (Å²) in [6, 6.07) is 0. The number of alkyl halides is 1. The Kier molecular flexibility index (Phi) is 2.25. The van der Waals surface area contributed by atoms with E-state index in [-0.39, 0.29) is 18.5 Å². The van der Waals surface area contributed by atoms with E-state index >= 15 is 0 Å². The van der Waals surface area contributed by atoms with Gasteiger partial charge in [0, 0.05) is 25.4 Å². The maximum absolute atomic E-state index is 12.0. The molecule has 58 valence electrons. The second-order valence-corrected chi connectivity index (χ2v) is 2.66. The molecule has 1 amide bonds. The molecular weight excluding hydrogens is 133 g/mol. The van der Waals surface area contributed by atoms with E-state index in [1.165, 1.54) is 0 Å². The number of carbonyl (C=O) groups excluding carboxylic acids is 1. The predicted molar refractivity (Wildman–Crippen MR) is 36.3 cm³/mol. The van der Waals surface area contributed by atoms with Crippen LogP contribution in [0.1, 0.15) is 13.3 Å². The molecule has 0 aliphatic carbocycles. The van der Waals surface area contributed by atoms with Crippen molar-refractivity contribution in [2.75, 3.05) is 19.8 Å². The van der Waals surface area contributed by atoms with Gasteiger partial charge in [0.15, 0.2) is 0 Å². The van der Waals surface area contributed by atoms with Crippen LogP contribution in [0.25, 0.3) is 0 Å². The summed E-state index contributed by atoms with van der Waals surface area (Å²) in [4.78, 5) is 12.6.